The van der Waals surface area contributed by atoms with E-state index in [1.807, 2.05) is 6.92 Å². The predicted octanol–water partition coefficient (Wildman–Crippen LogP) is 2.36. The first-order valence-corrected chi connectivity index (χ1v) is 8.03. The Bertz CT molecular complexity index is 865. The molecule has 9 heteroatoms. The molecule has 134 valence electrons. The quantitative estimate of drug-likeness (QED) is 0.792. The molecule has 2 unspecified atom stereocenters. The number of esters is 1. The van der Waals surface area contributed by atoms with Crippen molar-refractivity contribution in [2.24, 2.45) is 10.8 Å². The van der Waals surface area contributed by atoms with Crippen LogP contribution >= 0.6 is 0 Å². The Hall–Kier alpha value is -2.32. The lowest BCUT2D eigenvalue weighted by molar-refractivity contribution is -0.195. The topological polar surface area (TPSA) is 59.7 Å². The Kier molecular flexibility index (Phi) is 3.14. The van der Waals surface area contributed by atoms with Crippen LogP contribution in [0.3, 0.4) is 0 Å². The Balaban J connectivity index is 1.77. The van der Waals surface area contributed by atoms with Gasteiger partial charge in [0.1, 0.15) is 17.2 Å². The summed E-state index contributed by atoms with van der Waals surface area (Å²) in [7, 11) is 0. The van der Waals surface area contributed by atoms with Crippen LogP contribution in [0.15, 0.2) is 18.6 Å². The van der Waals surface area contributed by atoms with Crippen LogP contribution in [0.25, 0.3) is 5.65 Å². The van der Waals surface area contributed by atoms with Gasteiger partial charge in [-0.05, 0) is 31.9 Å². The standard InChI is InChI=1S/C16H17F3N4O2/c1-3-25-13(24)14-6-15(14,16(17,18)19)8-22(7-14)11-4-10(2)5-23-12(11)20-9-21-23/h4-5,9H,3,6-8H2,1-2H3. The van der Waals surface area contributed by atoms with Crippen LogP contribution in [0, 0.1) is 17.8 Å². The summed E-state index contributed by atoms with van der Waals surface area (Å²) in [4.78, 5) is 18.1. The van der Waals surface area contributed by atoms with Gasteiger partial charge >= 0.3 is 12.1 Å². The second kappa shape index (κ2) is 4.86. The van der Waals surface area contributed by atoms with Crippen LogP contribution in [0.1, 0.15) is 18.9 Å². The van der Waals surface area contributed by atoms with Crippen LogP contribution in [0.2, 0.25) is 0 Å². The molecule has 0 radical (unpaired) electrons. The first kappa shape index (κ1) is 16.2. The van der Waals surface area contributed by atoms with Crippen molar-refractivity contribution >= 4 is 17.3 Å². The molecule has 2 atom stereocenters. The van der Waals surface area contributed by atoms with Crippen LogP contribution in [-0.4, -0.2) is 46.4 Å². The van der Waals surface area contributed by atoms with Crippen molar-refractivity contribution in [3.63, 3.8) is 0 Å². The Labute approximate surface area is 141 Å². The van der Waals surface area contributed by atoms with Gasteiger partial charge in [0.2, 0.25) is 0 Å². The molecule has 0 bridgehead atoms. The molecular weight excluding hydrogens is 337 g/mol. The van der Waals surface area contributed by atoms with Gasteiger partial charge in [-0.2, -0.15) is 18.3 Å². The van der Waals surface area contributed by atoms with Crippen LogP contribution in [0.5, 0.6) is 0 Å². The molecule has 0 amide bonds. The van der Waals surface area contributed by atoms with Gasteiger partial charge in [0, 0.05) is 19.3 Å². The summed E-state index contributed by atoms with van der Waals surface area (Å²) < 4.78 is 47.9. The smallest absolute Gasteiger partial charge is 0.397 e. The molecule has 2 fully saturated rings. The number of fused-ring (bicyclic) bond motifs is 2. The second-order valence-electron chi connectivity index (χ2n) is 6.85. The van der Waals surface area contributed by atoms with E-state index in [0.29, 0.717) is 11.3 Å². The molecule has 1 saturated carbocycles. The second-order valence-corrected chi connectivity index (χ2v) is 6.85. The number of aryl methyl sites for hydroxylation is 1. The van der Waals surface area contributed by atoms with Gasteiger partial charge in [-0.15, -0.1) is 0 Å². The Morgan fingerprint density at radius 1 is 1.40 bits per heavy atom. The Morgan fingerprint density at radius 3 is 2.84 bits per heavy atom. The van der Waals surface area contributed by atoms with Crippen molar-refractivity contribution in [2.75, 3.05) is 24.6 Å². The van der Waals surface area contributed by atoms with Crippen molar-refractivity contribution in [3.8, 4) is 0 Å². The lowest BCUT2D eigenvalue weighted by Gasteiger charge is -2.24. The van der Waals surface area contributed by atoms with Gasteiger partial charge in [0.25, 0.3) is 0 Å². The van der Waals surface area contributed by atoms with E-state index < -0.39 is 23.0 Å². The van der Waals surface area contributed by atoms with Gasteiger partial charge in [-0.25, -0.2) is 9.50 Å². The number of nitrogens with zero attached hydrogens (tertiary/aromatic N) is 4. The lowest BCUT2D eigenvalue weighted by atomic mass is 9.96. The highest BCUT2D eigenvalue weighted by Gasteiger charge is 2.87. The first-order chi connectivity index (χ1) is 11.7. The van der Waals surface area contributed by atoms with Gasteiger partial charge in [-0.1, -0.05) is 0 Å². The zero-order valence-electron chi connectivity index (χ0n) is 13.8. The maximum absolute atomic E-state index is 13.8. The number of carbonyl (C=O) groups is 1. The number of piperidine rings is 1. The molecule has 4 rings (SSSR count). The molecule has 1 aliphatic carbocycles. The molecule has 0 aromatic carbocycles. The number of rotatable bonds is 3. The number of aromatic nitrogens is 3. The summed E-state index contributed by atoms with van der Waals surface area (Å²) in [6, 6.07) is 1.78. The predicted molar refractivity (Wildman–Crippen MR) is 82.1 cm³/mol. The van der Waals surface area contributed by atoms with Crippen molar-refractivity contribution < 1.29 is 22.7 Å². The maximum Gasteiger partial charge on any atom is 0.397 e. The summed E-state index contributed by atoms with van der Waals surface area (Å²) in [6.45, 7) is 3.19. The fraction of sp³-hybridized carbons (Fsp3) is 0.562. The van der Waals surface area contributed by atoms with E-state index in [0.717, 1.165) is 5.56 Å². The number of hydrogen-bond acceptors (Lipinski definition) is 5. The number of halogens is 3. The highest BCUT2D eigenvalue weighted by Crippen LogP contribution is 2.75. The summed E-state index contributed by atoms with van der Waals surface area (Å²) in [6.07, 6.45) is -1.57. The minimum atomic E-state index is -4.47. The number of alkyl halides is 3. The number of pyridine rings is 1. The molecule has 2 aliphatic rings. The minimum Gasteiger partial charge on any atom is -0.465 e. The first-order valence-electron chi connectivity index (χ1n) is 8.03. The molecule has 1 aliphatic heterocycles. The highest BCUT2D eigenvalue weighted by molar-refractivity contribution is 5.86. The largest absolute Gasteiger partial charge is 0.465 e. The van der Waals surface area contributed by atoms with E-state index in [9.17, 15) is 18.0 Å². The van der Waals surface area contributed by atoms with Crippen molar-refractivity contribution in [1.82, 2.24) is 14.6 Å². The summed E-state index contributed by atoms with van der Waals surface area (Å²) in [5, 5.41) is 4.05. The fourth-order valence-corrected chi connectivity index (χ4v) is 4.10. The van der Waals surface area contributed by atoms with E-state index >= 15 is 0 Å². The molecule has 2 aromatic rings. The van der Waals surface area contributed by atoms with Crippen LogP contribution in [-0.2, 0) is 9.53 Å². The lowest BCUT2D eigenvalue weighted by Crippen LogP contribution is -2.35. The SMILES string of the molecule is CCOC(=O)C12CN(c3cc(C)cn4ncnc34)CC1(C(F)(F)F)C2. The summed E-state index contributed by atoms with van der Waals surface area (Å²) >= 11 is 0. The number of anilines is 1. The molecule has 1 saturated heterocycles. The van der Waals surface area contributed by atoms with E-state index in [1.54, 1.807) is 24.1 Å². The highest BCUT2D eigenvalue weighted by atomic mass is 19.4. The minimum absolute atomic E-state index is 0.0304. The van der Waals surface area contributed by atoms with Crippen molar-refractivity contribution in [1.29, 1.82) is 0 Å². The van der Waals surface area contributed by atoms with Crippen molar-refractivity contribution in [3.05, 3.63) is 24.2 Å². The molecule has 0 N–H and O–H groups in total. The van der Waals surface area contributed by atoms with Gasteiger partial charge in [-0.3, -0.25) is 4.79 Å². The molecule has 2 aromatic heterocycles. The normalized spacial score (nSPS) is 28.3. The van der Waals surface area contributed by atoms with E-state index in [4.69, 9.17) is 4.74 Å². The zero-order chi connectivity index (χ0) is 18.0. The fourth-order valence-electron chi connectivity index (χ4n) is 4.10. The third kappa shape index (κ3) is 2.01. The zero-order valence-corrected chi connectivity index (χ0v) is 13.8. The van der Waals surface area contributed by atoms with Crippen LogP contribution < -0.4 is 4.90 Å². The molecule has 25 heavy (non-hydrogen) atoms. The average Bonchev–Trinajstić information content (AvgIpc) is 2.86. The molecule has 6 nitrogen and oxygen atoms in total. The third-order valence-electron chi connectivity index (χ3n) is 5.36. The number of ether oxygens (including phenoxy) is 1. The summed E-state index contributed by atoms with van der Waals surface area (Å²) in [5.74, 6) is -0.764. The van der Waals surface area contributed by atoms with Crippen molar-refractivity contribution in [2.45, 2.75) is 26.4 Å². The van der Waals surface area contributed by atoms with E-state index in [2.05, 4.69) is 10.1 Å². The monoisotopic (exact) mass is 354 g/mol. The summed E-state index contributed by atoms with van der Waals surface area (Å²) in [5.41, 5.74) is -1.70. The maximum atomic E-state index is 13.8. The molecule has 3 heterocycles. The molecule has 0 spiro atoms. The van der Waals surface area contributed by atoms with Gasteiger partial charge in [0.05, 0.1) is 12.3 Å². The third-order valence-corrected chi connectivity index (χ3v) is 5.36. The van der Waals surface area contributed by atoms with Gasteiger partial charge < -0.3 is 9.64 Å². The molecular formula is C16H17F3N4O2. The average molecular weight is 354 g/mol. The number of carbonyl (C=O) groups excluding carboxylic acids is 1. The van der Waals surface area contributed by atoms with E-state index in [1.165, 1.54) is 10.8 Å². The Morgan fingerprint density at radius 2 is 2.16 bits per heavy atom. The number of hydrogen-bond donors (Lipinski definition) is 0. The van der Waals surface area contributed by atoms with E-state index in [-0.39, 0.29) is 26.1 Å². The van der Waals surface area contributed by atoms with Crippen LogP contribution in [0.4, 0.5) is 18.9 Å². The van der Waals surface area contributed by atoms with Gasteiger partial charge in [0.15, 0.2) is 5.65 Å².